The van der Waals surface area contributed by atoms with E-state index in [0.29, 0.717) is 6.54 Å². The number of hydrogen-bond acceptors (Lipinski definition) is 4. The van der Waals surface area contributed by atoms with Crippen LogP contribution in [0.25, 0.3) is 6.08 Å². The summed E-state index contributed by atoms with van der Waals surface area (Å²) in [6.07, 6.45) is 3.50. The maximum absolute atomic E-state index is 12.3. The number of rotatable bonds is 6. The van der Waals surface area contributed by atoms with Gasteiger partial charge in [0.2, 0.25) is 5.91 Å². The van der Waals surface area contributed by atoms with Gasteiger partial charge in [0.05, 0.1) is 12.5 Å². The Balaban J connectivity index is 1.55. The fourth-order valence-corrected chi connectivity index (χ4v) is 3.12. The topological polar surface area (TPSA) is 75.7 Å². The third-order valence-electron chi connectivity index (χ3n) is 4.53. The van der Waals surface area contributed by atoms with Crippen LogP contribution in [0.15, 0.2) is 60.8 Å². The fraction of sp³-hybridized carbons (Fsp3) is 0.227. The standard InChI is InChI=1S/C22H22N2O4/c1-16(25)24-12-11-18-9-5-6-10-19(18)20(24)13-22(27)28-15-21(26)23-14-17-7-3-2-4-8-17/h2-12,20H,13-15H2,1H3,(H,23,26)/t20-/m1/s1. The van der Waals surface area contributed by atoms with E-state index in [1.165, 1.54) is 11.8 Å². The van der Waals surface area contributed by atoms with Crippen molar-refractivity contribution in [3.63, 3.8) is 0 Å². The molecule has 1 atom stereocenters. The van der Waals surface area contributed by atoms with E-state index in [1.807, 2.05) is 60.7 Å². The Bertz CT molecular complexity index is 892. The van der Waals surface area contributed by atoms with Crippen LogP contribution in [0.5, 0.6) is 0 Å². The monoisotopic (exact) mass is 378 g/mol. The number of benzene rings is 2. The third-order valence-corrected chi connectivity index (χ3v) is 4.53. The Morgan fingerprint density at radius 1 is 1.04 bits per heavy atom. The molecule has 1 aliphatic rings. The van der Waals surface area contributed by atoms with E-state index in [0.717, 1.165) is 16.7 Å². The molecule has 3 rings (SSSR count). The summed E-state index contributed by atoms with van der Waals surface area (Å²) in [5.41, 5.74) is 2.80. The number of amides is 2. The molecule has 0 saturated carbocycles. The Hall–Kier alpha value is -3.41. The Kier molecular flexibility index (Phi) is 6.22. The molecule has 144 valence electrons. The largest absolute Gasteiger partial charge is 0.456 e. The first-order valence-corrected chi connectivity index (χ1v) is 9.07. The van der Waals surface area contributed by atoms with Crippen LogP contribution >= 0.6 is 0 Å². The minimum absolute atomic E-state index is 0.0209. The van der Waals surface area contributed by atoms with Gasteiger partial charge in [0.25, 0.3) is 5.91 Å². The SMILES string of the molecule is CC(=O)N1C=Cc2ccccc2[C@H]1CC(=O)OCC(=O)NCc1ccccc1. The average molecular weight is 378 g/mol. The van der Waals surface area contributed by atoms with E-state index in [2.05, 4.69) is 5.32 Å². The highest BCUT2D eigenvalue weighted by molar-refractivity contribution is 5.82. The minimum atomic E-state index is -0.531. The van der Waals surface area contributed by atoms with Crippen LogP contribution in [-0.2, 0) is 25.7 Å². The van der Waals surface area contributed by atoms with Gasteiger partial charge in [-0.15, -0.1) is 0 Å². The van der Waals surface area contributed by atoms with Gasteiger partial charge in [0.1, 0.15) is 0 Å². The van der Waals surface area contributed by atoms with Crippen molar-refractivity contribution in [1.29, 1.82) is 0 Å². The van der Waals surface area contributed by atoms with Crippen molar-refractivity contribution in [2.75, 3.05) is 6.61 Å². The molecule has 0 saturated heterocycles. The van der Waals surface area contributed by atoms with Gasteiger partial charge in [-0.2, -0.15) is 0 Å². The molecule has 0 aromatic heterocycles. The van der Waals surface area contributed by atoms with Gasteiger partial charge in [0, 0.05) is 19.7 Å². The van der Waals surface area contributed by atoms with Crippen LogP contribution in [0.4, 0.5) is 0 Å². The van der Waals surface area contributed by atoms with E-state index in [1.54, 1.807) is 6.20 Å². The van der Waals surface area contributed by atoms with Crippen molar-refractivity contribution < 1.29 is 19.1 Å². The van der Waals surface area contributed by atoms with Gasteiger partial charge < -0.3 is 15.0 Å². The zero-order valence-corrected chi connectivity index (χ0v) is 15.6. The molecule has 0 spiro atoms. The van der Waals surface area contributed by atoms with Gasteiger partial charge >= 0.3 is 5.97 Å². The Morgan fingerprint density at radius 2 is 1.75 bits per heavy atom. The summed E-state index contributed by atoms with van der Waals surface area (Å²) in [7, 11) is 0. The first-order valence-electron chi connectivity index (χ1n) is 9.07. The smallest absolute Gasteiger partial charge is 0.308 e. The van der Waals surface area contributed by atoms with Crippen molar-refractivity contribution in [3.8, 4) is 0 Å². The lowest BCUT2D eigenvalue weighted by Crippen LogP contribution is -2.33. The normalized spacial score (nSPS) is 14.9. The molecule has 2 aromatic rings. The van der Waals surface area contributed by atoms with Gasteiger partial charge in [-0.1, -0.05) is 54.6 Å². The van der Waals surface area contributed by atoms with Gasteiger partial charge in [0.15, 0.2) is 6.61 Å². The quantitative estimate of drug-likeness (QED) is 0.785. The minimum Gasteiger partial charge on any atom is -0.456 e. The van der Waals surface area contributed by atoms with Crippen LogP contribution in [0.2, 0.25) is 0 Å². The summed E-state index contributed by atoms with van der Waals surface area (Å²) in [5, 5.41) is 2.71. The molecule has 0 bridgehead atoms. The summed E-state index contributed by atoms with van der Waals surface area (Å²) < 4.78 is 5.13. The molecule has 0 aliphatic carbocycles. The lowest BCUT2D eigenvalue weighted by molar-refractivity contribution is -0.150. The fourth-order valence-electron chi connectivity index (χ4n) is 3.12. The zero-order valence-electron chi connectivity index (χ0n) is 15.6. The van der Waals surface area contributed by atoms with Crippen molar-refractivity contribution in [3.05, 3.63) is 77.5 Å². The van der Waals surface area contributed by atoms with Gasteiger partial charge in [-0.25, -0.2) is 0 Å². The number of carbonyl (C=O) groups is 3. The van der Waals surface area contributed by atoms with Crippen molar-refractivity contribution in [1.82, 2.24) is 10.2 Å². The highest BCUT2D eigenvalue weighted by Gasteiger charge is 2.28. The molecule has 1 aliphatic heterocycles. The second kappa shape index (κ2) is 8.99. The summed E-state index contributed by atoms with van der Waals surface area (Å²) >= 11 is 0. The van der Waals surface area contributed by atoms with E-state index in [4.69, 9.17) is 4.74 Å². The number of nitrogens with one attached hydrogen (secondary N) is 1. The Labute approximate surface area is 163 Å². The predicted octanol–water partition coefficient (Wildman–Crippen LogP) is 2.81. The van der Waals surface area contributed by atoms with Crippen LogP contribution < -0.4 is 5.32 Å². The van der Waals surface area contributed by atoms with Crippen molar-refractivity contribution in [2.45, 2.75) is 25.9 Å². The first-order chi connectivity index (χ1) is 13.5. The lowest BCUT2D eigenvalue weighted by atomic mass is 9.94. The van der Waals surface area contributed by atoms with Crippen LogP contribution in [0, 0.1) is 0 Å². The third kappa shape index (κ3) is 4.85. The maximum atomic E-state index is 12.3. The summed E-state index contributed by atoms with van der Waals surface area (Å²) in [5.74, 6) is -1.06. The lowest BCUT2D eigenvalue weighted by Gasteiger charge is -2.32. The summed E-state index contributed by atoms with van der Waals surface area (Å²) in [6, 6.07) is 16.6. The second-order valence-electron chi connectivity index (χ2n) is 6.51. The molecule has 2 amide bonds. The molecule has 0 radical (unpaired) electrons. The highest BCUT2D eigenvalue weighted by Crippen LogP contribution is 2.32. The van der Waals surface area contributed by atoms with Gasteiger partial charge in [-0.05, 0) is 22.8 Å². The van der Waals surface area contributed by atoms with Crippen molar-refractivity contribution >= 4 is 23.9 Å². The molecule has 2 aromatic carbocycles. The predicted molar refractivity (Wildman–Crippen MR) is 105 cm³/mol. The molecular formula is C22H22N2O4. The number of nitrogens with zero attached hydrogens (tertiary/aromatic N) is 1. The van der Waals surface area contributed by atoms with E-state index < -0.39 is 12.0 Å². The van der Waals surface area contributed by atoms with Crippen LogP contribution in [0.3, 0.4) is 0 Å². The number of hydrogen-bond donors (Lipinski definition) is 1. The van der Waals surface area contributed by atoms with Crippen LogP contribution in [-0.4, -0.2) is 29.3 Å². The zero-order chi connectivity index (χ0) is 19.9. The highest BCUT2D eigenvalue weighted by atomic mass is 16.5. The molecule has 1 heterocycles. The maximum Gasteiger partial charge on any atom is 0.308 e. The molecule has 6 heteroatoms. The molecule has 0 unspecified atom stereocenters. The number of carbonyl (C=O) groups excluding carboxylic acids is 3. The number of fused-ring (bicyclic) bond motifs is 1. The Morgan fingerprint density at radius 3 is 2.50 bits per heavy atom. The molecular weight excluding hydrogens is 356 g/mol. The van der Waals surface area contributed by atoms with Crippen molar-refractivity contribution in [2.24, 2.45) is 0 Å². The van der Waals surface area contributed by atoms with Gasteiger partial charge in [-0.3, -0.25) is 14.4 Å². The van der Waals surface area contributed by atoms with E-state index in [9.17, 15) is 14.4 Å². The summed E-state index contributed by atoms with van der Waals surface area (Å²) in [6.45, 7) is 1.47. The molecule has 1 N–H and O–H groups in total. The number of ether oxygens (including phenoxy) is 1. The van der Waals surface area contributed by atoms with Crippen LogP contribution in [0.1, 0.15) is 36.1 Å². The first kappa shape index (κ1) is 19.4. The average Bonchev–Trinajstić information content (AvgIpc) is 2.71. The molecule has 6 nitrogen and oxygen atoms in total. The number of esters is 1. The summed E-state index contributed by atoms with van der Waals surface area (Å²) in [4.78, 5) is 37.7. The molecule has 0 fully saturated rings. The van der Waals surface area contributed by atoms with E-state index in [-0.39, 0.29) is 24.8 Å². The molecule has 28 heavy (non-hydrogen) atoms. The second-order valence-corrected chi connectivity index (χ2v) is 6.51. The van der Waals surface area contributed by atoms with E-state index >= 15 is 0 Å².